The number of thiazole rings is 1. The third-order valence-electron chi connectivity index (χ3n) is 4.32. The van der Waals surface area contributed by atoms with Crippen LogP contribution in [-0.2, 0) is 31.0 Å². The lowest BCUT2D eigenvalue weighted by Crippen LogP contribution is -2.20. The van der Waals surface area contributed by atoms with Crippen molar-refractivity contribution in [2.24, 2.45) is 4.99 Å². The van der Waals surface area contributed by atoms with Gasteiger partial charge in [0, 0.05) is 26.2 Å². The highest BCUT2D eigenvalue weighted by atomic mass is 32.2. The number of nitrogens with zero attached hydrogens (tertiary/aromatic N) is 2. The number of ether oxygens (including phenoxy) is 1. The number of sulfone groups is 2. The quantitative estimate of drug-likeness (QED) is 0.546. The van der Waals surface area contributed by atoms with Crippen LogP contribution in [0.2, 0.25) is 0 Å². The van der Waals surface area contributed by atoms with Crippen molar-refractivity contribution in [3.8, 4) is 0 Å². The summed E-state index contributed by atoms with van der Waals surface area (Å²) < 4.78 is 55.3. The summed E-state index contributed by atoms with van der Waals surface area (Å²) >= 11 is 1.15. The molecule has 0 aliphatic carbocycles. The monoisotopic (exact) mass is 468 g/mol. The van der Waals surface area contributed by atoms with Crippen LogP contribution in [0.4, 0.5) is 0 Å². The Kier molecular flexibility index (Phi) is 6.27. The van der Waals surface area contributed by atoms with E-state index in [2.05, 4.69) is 4.99 Å². The lowest BCUT2D eigenvalue weighted by atomic mass is 10.2. The maximum Gasteiger partial charge on any atom is 0.280 e. The lowest BCUT2D eigenvalue weighted by Gasteiger charge is -2.06. The molecule has 2 aromatic carbocycles. The Hall–Kier alpha value is -2.34. The van der Waals surface area contributed by atoms with Gasteiger partial charge in [-0.2, -0.15) is 4.99 Å². The molecule has 160 valence electrons. The molecule has 0 spiro atoms. The summed E-state index contributed by atoms with van der Waals surface area (Å²) in [4.78, 5) is 17.4. The van der Waals surface area contributed by atoms with Gasteiger partial charge in [0.05, 0.1) is 32.2 Å². The summed E-state index contributed by atoms with van der Waals surface area (Å²) in [6.07, 6.45) is 2.15. The van der Waals surface area contributed by atoms with Crippen molar-refractivity contribution in [2.75, 3.05) is 26.2 Å². The number of aromatic nitrogens is 1. The van der Waals surface area contributed by atoms with Crippen LogP contribution in [0.25, 0.3) is 10.2 Å². The van der Waals surface area contributed by atoms with Crippen molar-refractivity contribution < 1.29 is 26.4 Å². The van der Waals surface area contributed by atoms with Gasteiger partial charge in [-0.25, -0.2) is 16.8 Å². The number of fused-ring (bicyclic) bond motifs is 1. The second-order valence-corrected chi connectivity index (χ2v) is 11.6. The van der Waals surface area contributed by atoms with E-state index in [1.165, 1.54) is 30.3 Å². The van der Waals surface area contributed by atoms with Crippen LogP contribution in [0.1, 0.15) is 10.4 Å². The topological polar surface area (TPSA) is 112 Å². The summed E-state index contributed by atoms with van der Waals surface area (Å²) in [5, 5.41) is 0. The normalized spacial score (nSPS) is 13.1. The number of carbonyl (C=O) groups is 1. The zero-order valence-electron chi connectivity index (χ0n) is 16.5. The van der Waals surface area contributed by atoms with Crippen molar-refractivity contribution in [1.82, 2.24) is 4.57 Å². The van der Waals surface area contributed by atoms with Crippen LogP contribution in [0.15, 0.2) is 57.2 Å². The van der Waals surface area contributed by atoms with Gasteiger partial charge in [-0.1, -0.05) is 23.5 Å². The Bertz CT molecular complexity index is 1400. The van der Waals surface area contributed by atoms with Crippen LogP contribution in [-0.4, -0.2) is 53.5 Å². The van der Waals surface area contributed by atoms with Gasteiger partial charge in [0.1, 0.15) is 0 Å². The first-order valence-electron chi connectivity index (χ1n) is 8.73. The van der Waals surface area contributed by atoms with Crippen molar-refractivity contribution in [2.45, 2.75) is 16.3 Å². The van der Waals surface area contributed by atoms with Gasteiger partial charge >= 0.3 is 0 Å². The van der Waals surface area contributed by atoms with Crippen LogP contribution in [0.5, 0.6) is 0 Å². The first-order valence-corrected chi connectivity index (χ1v) is 13.3. The molecule has 0 saturated carbocycles. The average Bonchev–Trinajstić information content (AvgIpc) is 3.01. The highest BCUT2D eigenvalue weighted by molar-refractivity contribution is 7.91. The molecule has 1 amide bonds. The van der Waals surface area contributed by atoms with E-state index in [1.54, 1.807) is 23.8 Å². The minimum absolute atomic E-state index is 0.0208. The predicted octanol–water partition coefficient (Wildman–Crippen LogP) is 1.90. The summed E-state index contributed by atoms with van der Waals surface area (Å²) in [6.45, 7) is 0.732. The van der Waals surface area contributed by atoms with Gasteiger partial charge in [0.15, 0.2) is 24.5 Å². The number of hydrogen-bond donors (Lipinski definition) is 0. The molecular formula is C19H20N2O6S3. The predicted molar refractivity (Wildman–Crippen MR) is 114 cm³/mol. The molecule has 3 aromatic rings. The highest BCUT2D eigenvalue weighted by Crippen LogP contribution is 2.22. The van der Waals surface area contributed by atoms with Crippen LogP contribution < -0.4 is 4.80 Å². The summed E-state index contributed by atoms with van der Waals surface area (Å²) in [5.41, 5.74) is 0.681. The summed E-state index contributed by atoms with van der Waals surface area (Å²) in [6, 6.07) is 10.6. The molecule has 1 aromatic heterocycles. The first kappa shape index (κ1) is 22.3. The third-order valence-corrected chi connectivity index (χ3v) is 7.62. The molecule has 0 unspecified atom stereocenters. The van der Waals surface area contributed by atoms with Crippen LogP contribution in [0.3, 0.4) is 0 Å². The highest BCUT2D eigenvalue weighted by Gasteiger charge is 2.19. The molecule has 0 fully saturated rings. The van der Waals surface area contributed by atoms with Gasteiger partial charge in [-0.15, -0.1) is 0 Å². The SMILES string of the molecule is COCCn1c(=NC(=O)c2ccccc2S(C)(=O)=O)sc2cc(S(C)(=O)=O)ccc21. The standard InChI is InChI=1S/C19H20N2O6S3/c1-27-11-10-21-15-9-8-13(29(2,23)24)12-16(15)28-19(21)20-18(22)14-6-4-5-7-17(14)30(3,25)26/h4-9,12H,10-11H2,1-3H3. The van der Waals surface area contributed by atoms with E-state index in [4.69, 9.17) is 4.74 Å². The smallest absolute Gasteiger partial charge is 0.280 e. The fourth-order valence-corrected chi connectivity index (χ4v) is 5.58. The fourth-order valence-electron chi connectivity index (χ4n) is 2.88. The molecule has 11 heteroatoms. The van der Waals surface area contributed by atoms with Gasteiger partial charge in [0.25, 0.3) is 5.91 Å². The number of benzene rings is 2. The summed E-state index contributed by atoms with van der Waals surface area (Å²) in [7, 11) is -5.46. The van der Waals surface area contributed by atoms with Gasteiger partial charge in [-0.3, -0.25) is 4.79 Å². The Morgan fingerprint density at radius 2 is 1.77 bits per heavy atom. The average molecular weight is 469 g/mol. The Balaban J connectivity index is 2.22. The van der Waals surface area contributed by atoms with Crippen molar-refractivity contribution >= 4 is 47.1 Å². The molecule has 0 bridgehead atoms. The minimum Gasteiger partial charge on any atom is -0.383 e. The summed E-state index contributed by atoms with van der Waals surface area (Å²) in [5.74, 6) is -0.697. The van der Waals surface area contributed by atoms with E-state index in [1.807, 2.05) is 0 Å². The molecular weight excluding hydrogens is 448 g/mol. The van der Waals surface area contributed by atoms with Crippen molar-refractivity contribution in [1.29, 1.82) is 0 Å². The maximum absolute atomic E-state index is 12.8. The van der Waals surface area contributed by atoms with Gasteiger partial charge in [0.2, 0.25) is 0 Å². The van der Waals surface area contributed by atoms with Gasteiger partial charge in [-0.05, 0) is 30.3 Å². The lowest BCUT2D eigenvalue weighted by molar-refractivity contribution is 0.0994. The molecule has 0 atom stereocenters. The number of methoxy groups -OCH3 is 1. The Morgan fingerprint density at radius 3 is 2.40 bits per heavy atom. The number of hydrogen-bond acceptors (Lipinski definition) is 7. The molecule has 0 radical (unpaired) electrons. The van der Waals surface area contributed by atoms with Gasteiger partial charge < -0.3 is 9.30 Å². The van der Waals surface area contributed by atoms with Crippen LogP contribution >= 0.6 is 11.3 Å². The first-order chi connectivity index (χ1) is 14.0. The second kappa shape index (κ2) is 8.42. The molecule has 8 nitrogen and oxygen atoms in total. The molecule has 30 heavy (non-hydrogen) atoms. The fraction of sp³-hybridized carbons (Fsp3) is 0.263. The second-order valence-electron chi connectivity index (χ2n) is 6.62. The van der Waals surface area contributed by atoms with Crippen molar-refractivity contribution in [3.63, 3.8) is 0 Å². The number of amides is 1. The van der Waals surface area contributed by atoms with E-state index in [9.17, 15) is 21.6 Å². The Labute approximate surface area is 178 Å². The number of carbonyl (C=O) groups excluding carboxylic acids is 1. The molecule has 0 saturated heterocycles. The van der Waals surface area contributed by atoms with E-state index in [-0.39, 0.29) is 15.4 Å². The van der Waals surface area contributed by atoms with E-state index < -0.39 is 25.6 Å². The van der Waals surface area contributed by atoms with E-state index >= 15 is 0 Å². The third kappa shape index (κ3) is 4.69. The molecule has 0 aliphatic heterocycles. The number of rotatable bonds is 6. The van der Waals surface area contributed by atoms with Crippen LogP contribution in [0, 0.1) is 0 Å². The van der Waals surface area contributed by atoms with E-state index in [0.717, 1.165) is 23.8 Å². The van der Waals surface area contributed by atoms with E-state index in [0.29, 0.717) is 28.2 Å². The zero-order valence-corrected chi connectivity index (χ0v) is 19.0. The molecule has 1 heterocycles. The molecule has 0 aliphatic rings. The maximum atomic E-state index is 12.8. The Morgan fingerprint density at radius 1 is 1.07 bits per heavy atom. The largest absolute Gasteiger partial charge is 0.383 e. The molecule has 3 rings (SSSR count). The minimum atomic E-state index is -3.61. The van der Waals surface area contributed by atoms with Crippen molar-refractivity contribution in [3.05, 3.63) is 52.8 Å². The molecule has 0 N–H and O–H groups in total. The zero-order chi connectivity index (χ0) is 22.1.